The van der Waals surface area contributed by atoms with Gasteiger partial charge in [-0.2, -0.15) is 5.26 Å². The number of carbonyl (C=O) groups excluding carboxylic acids is 1. The van der Waals surface area contributed by atoms with Gasteiger partial charge in [0.05, 0.1) is 22.3 Å². The summed E-state index contributed by atoms with van der Waals surface area (Å²) in [5.41, 5.74) is 1.15. The van der Waals surface area contributed by atoms with E-state index in [1.807, 2.05) is 4.90 Å². The van der Waals surface area contributed by atoms with Crippen LogP contribution in [0.3, 0.4) is 0 Å². The Bertz CT molecular complexity index is 904. The van der Waals surface area contributed by atoms with Crippen molar-refractivity contribution in [3.63, 3.8) is 0 Å². The molecule has 27 heavy (non-hydrogen) atoms. The second-order valence-electron chi connectivity index (χ2n) is 7.14. The van der Waals surface area contributed by atoms with Crippen LogP contribution in [0, 0.1) is 11.3 Å². The Morgan fingerprint density at radius 2 is 2.11 bits per heavy atom. The van der Waals surface area contributed by atoms with Gasteiger partial charge in [-0.05, 0) is 44.5 Å². The van der Waals surface area contributed by atoms with Crippen LogP contribution in [-0.4, -0.2) is 57.8 Å². The minimum Gasteiger partial charge on any atom is -0.323 e. The number of fused-ring (bicyclic) bond motifs is 2. The fourth-order valence-electron chi connectivity index (χ4n) is 3.97. The van der Waals surface area contributed by atoms with Gasteiger partial charge in [-0.25, -0.2) is 9.48 Å². The van der Waals surface area contributed by atoms with Crippen LogP contribution in [0.25, 0.3) is 5.69 Å². The first-order valence-electron chi connectivity index (χ1n) is 9.08. The lowest BCUT2D eigenvalue weighted by molar-refractivity contribution is 0.200. The molecular formula is C19H21ClN6O. The summed E-state index contributed by atoms with van der Waals surface area (Å²) in [6.45, 7) is 1.51. The lowest BCUT2D eigenvalue weighted by Crippen LogP contribution is -2.41. The van der Waals surface area contributed by atoms with Gasteiger partial charge in [0, 0.05) is 37.4 Å². The molecule has 2 bridgehead atoms. The number of aromatic nitrogens is 2. The van der Waals surface area contributed by atoms with Crippen molar-refractivity contribution in [2.24, 2.45) is 0 Å². The Labute approximate surface area is 163 Å². The summed E-state index contributed by atoms with van der Waals surface area (Å²) in [5, 5.41) is 16.7. The van der Waals surface area contributed by atoms with Gasteiger partial charge in [-0.3, -0.25) is 10.2 Å². The number of nitriles is 1. The number of amides is 2. The molecule has 2 unspecified atom stereocenters. The monoisotopic (exact) mass is 384 g/mol. The number of likely N-dealkylation sites (N-methyl/N-ethyl adjacent to an activating group) is 1. The summed E-state index contributed by atoms with van der Waals surface area (Å²) < 4.78 is 1.59. The zero-order valence-electron chi connectivity index (χ0n) is 15.1. The van der Waals surface area contributed by atoms with Gasteiger partial charge in [0.15, 0.2) is 5.82 Å². The van der Waals surface area contributed by atoms with Crippen molar-refractivity contribution >= 4 is 23.4 Å². The van der Waals surface area contributed by atoms with Crippen molar-refractivity contribution in [2.45, 2.75) is 31.3 Å². The fourth-order valence-corrected chi connectivity index (χ4v) is 4.24. The highest BCUT2D eigenvalue weighted by Gasteiger charge is 2.36. The third kappa shape index (κ3) is 3.51. The highest BCUT2D eigenvalue weighted by molar-refractivity contribution is 6.32. The van der Waals surface area contributed by atoms with E-state index >= 15 is 0 Å². The molecule has 1 aromatic heterocycles. The molecule has 3 heterocycles. The van der Waals surface area contributed by atoms with E-state index in [1.54, 1.807) is 35.1 Å². The standard InChI is InChI=1S/C19H21ClN6O/c1-24-14-3-4-15(24)12-25(8-6-14)19(27)22-18-7-9-26(23-18)17-5-2-13(11-21)10-16(17)20/h2,5,7,9-10,14-15H,3-4,6,8,12H2,1H3,(H,22,23,27). The first-order chi connectivity index (χ1) is 13.0. The van der Waals surface area contributed by atoms with Gasteiger partial charge in [0.25, 0.3) is 0 Å². The molecule has 2 amide bonds. The van der Waals surface area contributed by atoms with Gasteiger partial charge < -0.3 is 4.90 Å². The van der Waals surface area contributed by atoms with Crippen LogP contribution in [0.15, 0.2) is 30.5 Å². The topological polar surface area (TPSA) is 77.2 Å². The normalized spacial score (nSPS) is 22.3. The molecule has 2 fully saturated rings. The quantitative estimate of drug-likeness (QED) is 0.863. The summed E-state index contributed by atoms with van der Waals surface area (Å²) in [7, 11) is 2.16. The average molecular weight is 385 g/mol. The zero-order chi connectivity index (χ0) is 19.0. The molecule has 0 saturated carbocycles. The molecule has 0 aliphatic carbocycles. The van der Waals surface area contributed by atoms with Crippen LogP contribution in [0.1, 0.15) is 24.8 Å². The third-order valence-electron chi connectivity index (χ3n) is 5.58. The van der Waals surface area contributed by atoms with Crippen LogP contribution in [0.4, 0.5) is 10.6 Å². The van der Waals surface area contributed by atoms with Crippen molar-refractivity contribution in [3.8, 4) is 11.8 Å². The van der Waals surface area contributed by atoms with E-state index in [0.717, 1.165) is 25.9 Å². The molecule has 2 aliphatic heterocycles. The van der Waals surface area contributed by atoms with E-state index in [4.69, 9.17) is 16.9 Å². The predicted octanol–water partition coefficient (Wildman–Crippen LogP) is 3.10. The summed E-state index contributed by atoms with van der Waals surface area (Å²) in [5.74, 6) is 0.475. The lowest BCUT2D eigenvalue weighted by Gasteiger charge is -2.25. The lowest BCUT2D eigenvalue weighted by atomic mass is 10.1. The van der Waals surface area contributed by atoms with Crippen LogP contribution in [0.2, 0.25) is 5.02 Å². The van der Waals surface area contributed by atoms with Gasteiger partial charge in [0.2, 0.25) is 0 Å². The smallest absolute Gasteiger partial charge is 0.323 e. The summed E-state index contributed by atoms with van der Waals surface area (Å²) in [4.78, 5) is 17.0. The predicted molar refractivity (Wildman–Crippen MR) is 103 cm³/mol. The number of nitrogens with one attached hydrogen (secondary N) is 1. The second-order valence-corrected chi connectivity index (χ2v) is 7.55. The maximum atomic E-state index is 12.7. The van der Waals surface area contributed by atoms with E-state index in [1.165, 1.54) is 6.42 Å². The molecule has 1 N–H and O–H groups in total. The molecule has 4 rings (SSSR count). The van der Waals surface area contributed by atoms with E-state index in [-0.39, 0.29) is 6.03 Å². The summed E-state index contributed by atoms with van der Waals surface area (Å²) >= 11 is 6.24. The van der Waals surface area contributed by atoms with E-state index in [9.17, 15) is 4.79 Å². The molecule has 8 heteroatoms. The van der Waals surface area contributed by atoms with Crippen molar-refractivity contribution in [3.05, 3.63) is 41.0 Å². The zero-order valence-corrected chi connectivity index (χ0v) is 15.9. The maximum absolute atomic E-state index is 12.7. The number of rotatable bonds is 2. The van der Waals surface area contributed by atoms with Gasteiger partial charge >= 0.3 is 6.03 Å². The number of benzene rings is 1. The maximum Gasteiger partial charge on any atom is 0.323 e. The van der Waals surface area contributed by atoms with Crippen molar-refractivity contribution in [2.75, 3.05) is 25.5 Å². The van der Waals surface area contributed by atoms with Crippen molar-refractivity contribution in [1.29, 1.82) is 5.26 Å². The van der Waals surface area contributed by atoms with E-state index in [2.05, 4.69) is 28.4 Å². The van der Waals surface area contributed by atoms with Crippen molar-refractivity contribution < 1.29 is 4.79 Å². The van der Waals surface area contributed by atoms with Gasteiger partial charge in [0.1, 0.15) is 0 Å². The van der Waals surface area contributed by atoms with Gasteiger partial charge in [-0.1, -0.05) is 11.6 Å². The fraction of sp³-hybridized carbons (Fsp3) is 0.421. The minimum absolute atomic E-state index is 0.118. The average Bonchev–Trinajstić information content (AvgIpc) is 3.19. The Morgan fingerprint density at radius 1 is 1.30 bits per heavy atom. The molecule has 1 aromatic carbocycles. The minimum atomic E-state index is -0.118. The first-order valence-corrected chi connectivity index (χ1v) is 9.46. The molecular weight excluding hydrogens is 364 g/mol. The molecule has 140 valence electrons. The van der Waals surface area contributed by atoms with Crippen molar-refractivity contribution in [1.82, 2.24) is 19.6 Å². The van der Waals surface area contributed by atoms with E-state index < -0.39 is 0 Å². The number of likely N-dealkylation sites (tertiary alicyclic amines) is 1. The largest absolute Gasteiger partial charge is 0.323 e. The molecule has 7 nitrogen and oxygen atoms in total. The molecule has 0 radical (unpaired) electrons. The highest BCUT2D eigenvalue weighted by Crippen LogP contribution is 2.28. The Kier molecular flexibility index (Phi) is 4.77. The SMILES string of the molecule is CN1C2CCC1CN(C(=O)Nc1ccn(-c3ccc(C#N)cc3Cl)n1)CC2. The Morgan fingerprint density at radius 3 is 2.89 bits per heavy atom. The molecule has 2 aliphatic rings. The number of nitrogens with zero attached hydrogens (tertiary/aromatic N) is 5. The molecule has 2 aromatic rings. The number of carbonyl (C=O) groups is 1. The number of anilines is 1. The number of halogens is 1. The number of hydrogen-bond donors (Lipinski definition) is 1. The van der Waals surface area contributed by atoms with Crippen LogP contribution in [-0.2, 0) is 0 Å². The Hall–Kier alpha value is -2.56. The summed E-state index contributed by atoms with van der Waals surface area (Å²) in [6.07, 6.45) is 5.12. The number of urea groups is 1. The third-order valence-corrected chi connectivity index (χ3v) is 5.89. The van der Waals surface area contributed by atoms with Crippen LogP contribution >= 0.6 is 11.6 Å². The molecule has 2 saturated heterocycles. The van der Waals surface area contributed by atoms with Crippen LogP contribution in [0.5, 0.6) is 0 Å². The first kappa shape index (κ1) is 17.8. The number of hydrogen-bond acceptors (Lipinski definition) is 4. The van der Waals surface area contributed by atoms with Gasteiger partial charge in [-0.15, -0.1) is 5.10 Å². The molecule has 0 spiro atoms. The molecule has 2 atom stereocenters. The second kappa shape index (κ2) is 7.22. The highest BCUT2D eigenvalue weighted by atomic mass is 35.5. The van der Waals surface area contributed by atoms with Crippen LogP contribution < -0.4 is 5.32 Å². The Balaban J connectivity index is 1.45. The van der Waals surface area contributed by atoms with E-state index in [0.29, 0.717) is 34.2 Å². The summed E-state index contributed by atoms with van der Waals surface area (Å²) in [6, 6.07) is 9.72.